The lowest BCUT2D eigenvalue weighted by molar-refractivity contribution is -0.274. The molecular weight excluding hydrogens is 455 g/mol. The molecule has 0 aliphatic carbocycles. The summed E-state index contributed by atoms with van der Waals surface area (Å²) in [5.74, 6) is -0.516. The normalized spacial score (nSPS) is 12.1. The number of benzene rings is 3. The van der Waals surface area contributed by atoms with E-state index in [0.717, 1.165) is 35.2 Å². The van der Waals surface area contributed by atoms with Gasteiger partial charge in [0.25, 0.3) is 10.0 Å². The first kappa shape index (κ1) is 21.0. The van der Waals surface area contributed by atoms with Crippen LogP contribution in [-0.4, -0.2) is 25.0 Å². The first-order valence-corrected chi connectivity index (χ1v) is 10.6. The number of ether oxygens (including phenoxy) is 1. The number of sulfonamides is 1. The van der Waals surface area contributed by atoms with Crippen LogP contribution in [0.5, 0.6) is 5.75 Å². The Kier molecular flexibility index (Phi) is 5.28. The summed E-state index contributed by atoms with van der Waals surface area (Å²) < 4.78 is 68.1. The Hall–Kier alpha value is -3.24. The van der Waals surface area contributed by atoms with Crippen LogP contribution in [-0.2, 0) is 10.0 Å². The van der Waals surface area contributed by atoms with Crippen LogP contribution in [0.15, 0.2) is 71.6 Å². The lowest BCUT2D eigenvalue weighted by Gasteiger charge is -2.11. The molecule has 0 atom stereocenters. The summed E-state index contributed by atoms with van der Waals surface area (Å²) in [6, 6.07) is 15.9. The van der Waals surface area contributed by atoms with Gasteiger partial charge in [0.05, 0.1) is 21.1 Å². The first-order valence-electron chi connectivity index (χ1n) is 8.74. The molecule has 3 aromatic carbocycles. The summed E-state index contributed by atoms with van der Waals surface area (Å²) in [7, 11) is -4.04. The third kappa shape index (κ3) is 4.59. The average Bonchev–Trinajstić information content (AvgIpc) is 3.10. The van der Waals surface area contributed by atoms with Gasteiger partial charge in [-0.1, -0.05) is 29.8 Å². The predicted octanol–water partition coefficient (Wildman–Crippen LogP) is 5.58. The van der Waals surface area contributed by atoms with Crippen LogP contribution in [0.1, 0.15) is 0 Å². The van der Waals surface area contributed by atoms with E-state index in [1.165, 1.54) is 0 Å². The van der Waals surface area contributed by atoms with Crippen molar-refractivity contribution in [2.75, 3.05) is 4.72 Å². The van der Waals surface area contributed by atoms with Crippen molar-refractivity contribution >= 4 is 38.2 Å². The van der Waals surface area contributed by atoms with Crippen molar-refractivity contribution in [1.29, 1.82) is 0 Å². The molecule has 0 aliphatic rings. The van der Waals surface area contributed by atoms with E-state index in [2.05, 4.69) is 19.7 Å². The second-order valence-corrected chi connectivity index (χ2v) is 8.53. The van der Waals surface area contributed by atoms with Gasteiger partial charge in [-0.15, -0.1) is 13.2 Å². The lowest BCUT2D eigenvalue weighted by atomic mass is 10.1. The Morgan fingerprint density at radius 3 is 2.39 bits per heavy atom. The Morgan fingerprint density at radius 1 is 1.00 bits per heavy atom. The van der Waals surface area contributed by atoms with E-state index in [-0.39, 0.29) is 10.6 Å². The van der Waals surface area contributed by atoms with Crippen molar-refractivity contribution in [3.05, 3.63) is 71.8 Å². The number of H-pyrrole nitrogens is 1. The van der Waals surface area contributed by atoms with E-state index in [0.29, 0.717) is 16.2 Å². The van der Waals surface area contributed by atoms with Crippen LogP contribution in [0.3, 0.4) is 0 Å². The van der Waals surface area contributed by atoms with Crippen LogP contribution in [0, 0.1) is 0 Å². The molecule has 11 heteroatoms. The second kappa shape index (κ2) is 7.78. The van der Waals surface area contributed by atoms with Crippen molar-refractivity contribution < 1.29 is 26.3 Å². The molecule has 0 aliphatic heterocycles. The first-order chi connectivity index (χ1) is 14.6. The van der Waals surface area contributed by atoms with E-state index in [1.807, 2.05) is 12.1 Å². The number of aromatic nitrogens is 2. The van der Waals surface area contributed by atoms with Gasteiger partial charge >= 0.3 is 6.36 Å². The van der Waals surface area contributed by atoms with Crippen LogP contribution in [0.2, 0.25) is 5.02 Å². The molecule has 2 N–H and O–H groups in total. The van der Waals surface area contributed by atoms with Gasteiger partial charge in [-0.3, -0.25) is 9.82 Å². The number of fused-ring (bicyclic) bond motifs is 1. The van der Waals surface area contributed by atoms with E-state index in [4.69, 9.17) is 11.6 Å². The van der Waals surface area contributed by atoms with E-state index < -0.39 is 22.1 Å². The molecule has 1 heterocycles. The highest BCUT2D eigenvalue weighted by Gasteiger charge is 2.31. The zero-order valence-electron chi connectivity index (χ0n) is 15.4. The number of alkyl halides is 3. The maximum Gasteiger partial charge on any atom is 0.573 e. The Morgan fingerprint density at radius 2 is 1.71 bits per heavy atom. The Balaban J connectivity index is 1.59. The fraction of sp³-hybridized carbons (Fsp3) is 0.0500. The largest absolute Gasteiger partial charge is 0.573 e. The standard InChI is InChI=1S/C20H13ClF3N3O3S/c21-17-4-2-1-3-15(17)19-16-10-5-12(11-18(16)25-26-19)27-31(28,29)14-8-6-13(7-9-14)30-20(22,23)24/h1-11,27H,(H,25,26). The van der Waals surface area contributed by atoms with Gasteiger partial charge in [0.2, 0.25) is 0 Å². The van der Waals surface area contributed by atoms with Crippen molar-refractivity contribution in [1.82, 2.24) is 10.2 Å². The quantitative estimate of drug-likeness (QED) is 0.401. The summed E-state index contributed by atoms with van der Waals surface area (Å²) in [5, 5.41) is 8.38. The van der Waals surface area contributed by atoms with Crippen molar-refractivity contribution in [3.8, 4) is 17.0 Å². The number of halogens is 4. The fourth-order valence-electron chi connectivity index (χ4n) is 2.98. The molecule has 0 unspecified atom stereocenters. The summed E-state index contributed by atoms with van der Waals surface area (Å²) in [5.41, 5.74) is 2.17. The second-order valence-electron chi connectivity index (χ2n) is 6.44. The van der Waals surface area contributed by atoms with Gasteiger partial charge in [0.1, 0.15) is 11.4 Å². The molecule has 4 aromatic rings. The third-order valence-corrected chi connectivity index (χ3v) is 6.04. The van der Waals surface area contributed by atoms with Gasteiger partial charge in [0.15, 0.2) is 0 Å². The number of hydrogen-bond acceptors (Lipinski definition) is 4. The van der Waals surface area contributed by atoms with Crippen LogP contribution in [0.4, 0.5) is 18.9 Å². The number of anilines is 1. The number of aromatic amines is 1. The molecular formula is C20H13ClF3N3O3S. The van der Waals surface area contributed by atoms with Gasteiger partial charge in [-0.25, -0.2) is 8.42 Å². The maximum absolute atomic E-state index is 12.6. The van der Waals surface area contributed by atoms with E-state index >= 15 is 0 Å². The molecule has 1 aromatic heterocycles. The highest BCUT2D eigenvalue weighted by Crippen LogP contribution is 2.33. The fourth-order valence-corrected chi connectivity index (χ4v) is 4.25. The molecule has 0 spiro atoms. The number of nitrogens with zero attached hydrogens (tertiary/aromatic N) is 1. The zero-order chi connectivity index (χ0) is 22.2. The van der Waals surface area contributed by atoms with Gasteiger partial charge < -0.3 is 4.74 Å². The van der Waals surface area contributed by atoms with Crippen LogP contribution in [0.25, 0.3) is 22.2 Å². The Labute approximate surface area is 179 Å². The lowest BCUT2D eigenvalue weighted by Crippen LogP contribution is -2.17. The molecule has 4 rings (SSSR count). The van der Waals surface area contributed by atoms with Crippen molar-refractivity contribution in [2.45, 2.75) is 11.3 Å². The molecule has 0 fully saturated rings. The summed E-state index contributed by atoms with van der Waals surface area (Å²) in [4.78, 5) is -0.219. The van der Waals surface area contributed by atoms with Crippen LogP contribution >= 0.6 is 11.6 Å². The van der Waals surface area contributed by atoms with Crippen LogP contribution < -0.4 is 9.46 Å². The van der Waals surface area contributed by atoms with Crippen molar-refractivity contribution in [3.63, 3.8) is 0 Å². The van der Waals surface area contributed by atoms with E-state index in [1.54, 1.807) is 30.3 Å². The van der Waals surface area contributed by atoms with Gasteiger partial charge in [0, 0.05) is 10.9 Å². The smallest absolute Gasteiger partial charge is 0.406 e. The molecule has 0 radical (unpaired) electrons. The number of nitrogens with one attached hydrogen (secondary N) is 2. The molecule has 0 bridgehead atoms. The zero-order valence-corrected chi connectivity index (χ0v) is 17.0. The molecule has 160 valence electrons. The Bertz CT molecular complexity index is 1350. The highest BCUT2D eigenvalue weighted by atomic mass is 35.5. The minimum atomic E-state index is -4.86. The van der Waals surface area contributed by atoms with Gasteiger partial charge in [-0.2, -0.15) is 5.10 Å². The third-order valence-electron chi connectivity index (χ3n) is 4.31. The molecule has 31 heavy (non-hydrogen) atoms. The number of hydrogen-bond donors (Lipinski definition) is 2. The molecule has 6 nitrogen and oxygen atoms in total. The highest BCUT2D eigenvalue weighted by molar-refractivity contribution is 7.92. The monoisotopic (exact) mass is 467 g/mol. The molecule has 0 saturated carbocycles. The summed E-state index contributed by atoms with van der Waals surface area (Å²) in [6.45, 7) is 0. The SMILES string of the molecule is O=S(=O)(Nc1ccc2c(-c3ccccc3Cl)n[nH]c2c1)c1ccc(OC(F)(F)F)cc1. The average molecular weight is 468 g/mol. The summed E-state index contributed by atoms with van der Waals surface area (Å²) in [6.07, 6.45) is -4.86. The summed E-state index contributed by atoms with van der Waals surface area (Å²) >= 11 is 6.23. The molecule has 0 saturated heterocycles. The van der Waals surface area contributed by atoms with Gasteiger partial charge in [-0.05, 0) is 48.5 Å². The molecule has 0 amide bonds. The topological polar surface area (TPSA) is 84.1 Å². The minimum Gasteiger partial charge on any atom is -0.406 e. The van der Waals surface area contributed by atoms with Crippen molar-refractivity contribution in [2.24, 2.45) is 0 Å². The van der Waals surface area contributed by atoms with E-state index in [9.17, 15) is 21.6 Å². The number of rotatable bonds is 5. The minimum absolute atomic E-state index is 0.219. The maximum atomic E-state index is 12.6. The predicted molar refractivity (Wildman–Crippen MR) is 110 cm³/mol.